The van der Waals surface area contributed by atoms with Crippen LogP contribution in [0.3, 0.4) is 0 Å². The summed E-state index contributed by atoms with van der Waals surface area (Å²) >= 11 is 12.3. The molecule has 152 valence electrons. The number of imide groups is 2. The van der Waals surface area contributed by atoms with E-state index in [1.807, 2.05) is 0 Å². The van der Waals surface area contributed by atoms with Crippen LogP contribution < -0.4 is 9.80 Å². The summed E-state index contributed by atoms with van der Waals surface area (Å²) in [6, 6.07) is 14.1. The lowest BCUT2D eigenvalue weighted by atomic mass is 10.1. The molecular weight excluding hydrogens is 439 g/mol. The van der Waals surface area contributed by atoms with E-state index in [-0.39, 0.29) is 43.7 Å². The van der Waals surface area contributed by atoms with Crippen LogP contribution in [0.4, 0.5) is 11.4 Å². The van der Waals surface area contributed by atoms with Gasteiger partial charge < -0.3 is 0 Å². The van der Waals surface area contributed by atoms with Gasteiger partial charge in [-0.25, -0.2) is 9.80 Å². The van der Waals surface area contributed by atoms with Crippen LogP contribution in [0.2, 0.25) is 10.0 Å². The third-order valence-corrected chi connectivity index (χ3v) is 6.12. The Kier molecular flexibility index (Phi) is 4.25. The van der Waals surface area contributed by atoms with Gasteiger partial charge in [0.15, 0.2) is 0 Å². The summed E-state index contributed by atoms with van der Waals surface area (Å²) in [4.78, 5) is 54.0. The van der Waals surface area contributed by atoms with Gasteiger partial charge in [0.25, 0.3) is 23.6 Å². The van der Waals surface area contributed by atoms with Gasteiger partial charge in [-0.3, -0.25) is 19.2 Å². The quantitative estimate of drug-likeness (QED) is 0.520. The highest BCUT2D eigenvalue weighted by Crippen LogP contribution is 2.39. The number of hydrogen-bond acceptors (Lipinski definition) is 4. The van der Waals surface area contributed by atoms with Gasteiger partial charge in [0, 0.05) is 0 Å². The average Bonchev–Trinajstić information content (AvgIpc) is 3.15. The summed E-state index contributed by atoms with van der Waals surface area (Å²) in [5.41, 5.74) is 1.62. The maximum Gasteiger partial charge on any atom is 0.267 e. The van der Waals surface area contributed by atoms with Crippen molar-refractivity contribution in [3.8, 4) is 0 Å². The van der Waals surface area contributed by atoms with Crippen molar-refractivity contribution in [3.05, 3.63) is 92.5 Å². The van der Waals surface area contributed by atoms with Gasteiger partial charge in [-0.15, -0.1) is 0 Å². The van der Waals surface area contributed by atoms with Crippen molar-refractivity contribution in [2.75, 3.05) is 9.80 Å². The van der Waals surface area contributed by atoms with E-state index in [0.29, 0.717) is 5.56 Å². The molecular formula is C23H12Cl2N2O4. The molecule has 0 aliphatic carbocycles. The molecule has 3 aromatic carbocycles. The lowest BCUT2D eigenvalue weighted by Crippen LogP contribution is -2.33. The van der Waals surface area contributed by atoms with E-state index in [9.17, 15) is 19.2 Å². The average molecular weight is 451 g/mol. The molecule has 6 nitrogen and oxygen atoms in total. The zero-order valence-electron chi connectivity index (χ0n) is 16.0. The fraction of sp³-hybridized carbons (Fsp3) is 0.0435. The molecule has 2 heterocycles. The summed E-state index contributed by atoms with van der Waals surface area (Å²) in [5.74, 6) is -2.16. The highest BCUT2D eigenvalue weighted by atomic mass is 35.5. The minimum absolute atomic E-state index is 0.131. The second-order valence-corrected chi connectivity index (χ2v) is 7.95. The molecule has 0 atom stereocenters. The summed E-state index contributed by atoms with van der Waals surface area (Å²) in [5, 5.41) is 0.365. The fourth-order valence-electron chi connectivity index (χ4n) is 4.02. The Labute approximate surface area is 186 Å². The van der Waals surface area contributed by atoms with E-state index in [1.165, 1.54) is 12.1 Å². The molecule has 0 saturated heterocycles. The number of hydrogen-bond donors (Lipinski definition) is 0. The maximum absolute atomic E-state index is 13.0. The van der Waals surface area contributed by atoms with Gasteiger partial charge >= 0.3 is 0 Å². The second-order valence-electron chi connectivity index (χ2n) is 7.14. The van der Waals surface area contributed by atoms with Crippen LogP contribution in [0.15, 0.2) is 54.6 Å². The smallest absolute Gasteiger partial charge is 0.267 e. The highest BCUT2D eigenvalue weighted by molar-refractivity contribution is 6.43. The zero-order valence-corrected chi connectivity index (χ0v) is 17.5. The van der Waals surface area contributed by atoms with Crippen LogP contribution in [-0.2, 0) is 0 Å². The van der Waals surface area contributed by atoms with Gasteiger partial charge in [-0.2, -0.15) is 0 Å². The molecule has 0 saturated carbocycles. The van der Waals surface area contributed by atoms with Gasteiger partial charge in [0.1, 0.15) is 0 Å². The molecule has 2 aliphatic rings. The van der Waals surface area contributed by atoms with Crippen LogP contribution in [0, 0.1) is 6.92 Å². The van der Waals surface area contributed by atoms with E-state index in [2.05, 4.69) is 0 Å². The number of rotatable bonds is 2. The predicted octanol–water partition coefficient (Wildman–Crippen LogP) is 4.90. The monoisotopic (exact) mass is 450 g/mol. The molecule has 2 aliphatic heterocycles. The van der Waals surface area contributed by atoms with Gasteiger partial charge in [0.2, 0.25) is 0 Å². The molecule has 8 heteroatoms. The van der Waals surface area contributed by atoms with Crippen LogP contribution in [0.25, 0.3) is 0 Å². The molecule has 31 heavy (non-hydrogen) atoms. The van der Waals surface area contributed by atoms with Gasteiger partial charge in [-0.1, -0.05) is 41.4 Å². The number of anilines is 2. The Hall–Kier alpha value is -3.48. The molecule has 5 rings (SSSR count). The van der Waals surface area contributed by atoms with Crippen molar-refractivity contribution < 1.29 is 19.2 Å². The lowest BCUT2D eigenvalue weighted by Gasteiger charge is -2.22. The molecule has 0 bridgehead atoms. The van der Waals surface area contributed by atoms with E-state index >= 15 is 0 Å². The first kappa shape index (κ1) is 19.5. The Morgan fingerprint density at radius 3 is 1.35 bits per heavy atom. The summed E-state index contributed by atoms with van der Waals surface area (Å²) in [6.07, 6.45) is 0. The number of nitrogens with zero attached hydrogens (tertiary/aromatic N) is 2. The van der Waals surface area contributed by atoms with Crippen molar-refractivity contribution in [1.29, 1.82) is 0 Å². The van der Waals surface area contributed by atoms with E-state index in [0.717, 1.165) is 9.80 Å². The summed E-state index contributed by atoms with van der Waals surface area (Å²) in [7, 11) is 0. The molecule has 3 aromatic rings. The van der Waals surface area contributed by atoms with Crippen molar-refractivity contribution in [2.45, 2.75) is 6.92 Å². The van der Waals surface area contributed by atoms with E-state index < -0.39 is 23.6 Å². The van der Waals surface area contributed by atoms with Crippen LogP contribution in [0.5, 0.6) is 0 Å². The highest BCUT2D eigenvalue weighted by Gasteiger charge is 2.42. The van der Waals surface area contributed by atoms with Crippen molar-refractivity contribution in [3.63, 3.8) is 0 Å². The third kappa shape index (κ3) is 2.59. The normalized spacial score (nSPS) is 15.1. The minimum atomic E-state index is -0.559. The SMILES string of the molecule is Cc1c(N2C(=O)c3cccc(Cl)c3C2=O)cccc1N1C(=O)c2cccc(Cl)c2C1=O. The Morgan fingerprint density at radius 2 is 0.968 bits per heavy atom. The number of halogens is 2. The zero-order chi connectivity index (χ0) is 22.0. The van der Waals surface area contributed by atoms with E-state index in [1.54, 1.807) is 49.4 Å². The Balaban J connectivity index is 1.62. The number of amides is 4. The number of fused-ring (bicyclic) bond motifs is 2. The molecule has 0 spiro atoms. The van der Waals surface area contributed by atoms with Gasteiger partial charge in [-0.05, 0) is 48.9 Å². The lowest BCUT2D eigenvalue weighted by molar-refractivity contribution is 0.0912. The molecule has 0 N–H and O–H groups in total. The van der Waals surface area contributed by atoms with Crippen molar-refractivity contribution in [1.82, 2.24) is 0 Å². The van der Waals surface area contributed by atoms with Crippen molar-refractivity contribution >= 4 is 58.2 Å². The van der Waals surface area contributed by atoms with Gasteiger partial charge in [0.05, 0.1) is 43.7 Å². The fourth-order valence-corrected chi connectivity index (χ4v) is 4.53. The molecule has 0 radical (unpaired) electrons. The first-order chi connectivity index (χ1) is 14.8. The molecule has 0 unspecified atom stereocenters. The molecule has 0 fully saturated rings. The Bertz CT molecular complexity index is 1270. The maximum atomic E-state index is 13.0. The Morgan fingerprint density at radius 1 is 0.581 bits per heavy atom. The van der Waals surface area contributed by atoms with Crippen LogP contribution >= 0.6 is 23.2 Å². The summed E-state index contributed by atoms with van der Waals surface area (Å²) in [6.45, 7) is 1.64. The number of benzene rings is 3. The standard InChI is InChI=1S/C23H12Cl2N2O4/c1-11-16(26-20(28)12-5-2-7-14(24)18(12)22(26)30)9-4-10-17(11)27-21(29)13-6-3-8-15(25)19(13)23(27)31/h2-10H,1H3. The largest absolute Gasteiger partial charge is 0.268 e. The second kappa shape index (κ2) is 6.77. The number of carbonyl (C=O) groups excluding carboxylic acids is 4. The first-order valence-corrected chi connectivity index (χ1v) is 10.0. The predicted molar refractivity (Wildman–Crippen MR) is 116 cm³/mol. The van der Waals surface area contributed by atoms with E-state index in [4.69, 9.17) is 23.2 Å². The third-order valence-electron chi connectivity index (χ3n) is 5.49. The van der Waals surface area contributed by atoms with Crippen LogP contribution in [0.1, 0.15) is 47.0 Å². The molecule has 0 aromatic heterocycles. The van der Waals surface area contributed by atoms with Crippen molar-refractivity contribution in [2.24, 2.45) is 0 Å². The summed E-state index contributed by atoms with van der Waals surface area (Å²) < 4.78 is 0. The first-order valence-electron chi connectivity index (χ1n) is 9.27. The topological polar surface area (TPSA) is 74.8 Å². The molecule has 4 amide bonds. The van der Waals surface area contributed by atoms with Crippen LogP contribution in [-0.4, -0.2) is 23.6 Å². The minimum Gasteiger partial charge on any atom is -0.268 e. The number of carbonyl (C=O) groups is 4.